The Bertz CT molecular complexity index is 975. The highest BCUT2D eigenvalue weighted by atomic mass is 32.1. The van der Waals surface area contributed by atoms with Gasteiger partial charge in [0.15, 0.2) is 0 Å². The van der Waals surface area contributed by atoms with Crippen molar-refractivity contribution in [2.24, 2.45) is 17.8 Å². The van der Waals surface area contributed by atoms with E-state index in [-0.39, 0.29) is 42.0 Å². The first-order valence-corrected chi connectivity index (χ1v) is 11.5. The lowest BCUT2D eigenvalue weighted by molar-refractivity contribution is -0.148. The second kappa shape index (κ2) is 9.09. The number of thiazole rings is 1. The standard InChI is InChI=1S/C23H26N4O3S/c1-14(2)11-19(27-22(29)16-5-3-4-6-17(16)23(27)30)21(28)25-12-20-26-18(13-31-20)15-7-9-24-10-8-15/h3-4,7-10,13-14,16-17,19H,5-6,11-12H2,1-2H3,(H,25,28). The van der Waals surface area contributed by atoms with Gasteiger partial charge in [-0.15, -0.1) is 11.3 Å². The summed E-state index contributed by atoms with van der Waals surface area (Å²) in [6.07, 6.45) is 8.91. The predicted molar refractivity (Wildman–Crippen MR) is 118 cm³/mol. The van der Waals surface area contributed by atoms with E-state index >= 15 is 0 Å². The summed E-state index contributed by atoms with van der Waals surface area (Å²) in [6.45, 7) is 4.23. The second-order valence-corrected chi connectivity index (χ2v) is 9.37. The van der Waals surface area contributed by atoms with E-state index in [2.05, 4.69) is 15.3 Å². The molecule has 4 rings (SSSR count). The van der Waals surface area contributed by atoms with Crippen LogP contribution >= 0.6 is 11.3 Å². The molecule has 1 aliphatic carbocycles. The molecular formula is C23H26N4O3S. The third kappa shape index (κ3) is 4.44. The molecule has 2 aromatic heterocycles. The average molecular weight is 439 g/mol. The van der Waals surface area contributed by atoms with Gasteiger partial charge in [-0.05, 0) is 37.3 Å². The van der Waals surface area contributed by atoms with Crippen LogP contribution in [0.1, 0.15) is 38.1 Å². The SMILES string of the molecule is CC(C)CC(C(=O)NCc1nc(-c2ccncc2)cs1)N1C(=O)C2CC=CCC2C1=O. The van der Waals surface area contributed by atoms with Crippen molar-refractivity contribution in [2.75, 3.05) is 0 Å². The number of imide groups is 1. The highest BCUT2D eigenvalue weighted by Crippen LogP contribution is 2.37. The van der Waals surface area contributed by atoms with Crippen molar-refractivity contribution in [1.29, 1.82) is 0 Å². The zero-order valence-electron chi connectivity index (χ0n) is 17.7. The molecule has 1 saturated heterocycles. The lowest BCUT2D eigenvalue weighted by atomic mass is 9.85. The molecular weight excluding hydrogens is 412 g/mol. The maximum Gasteiger partial charge on any atom is 0.243 e. The van der Waals surface area contributed by atoms with E-state index in [1.807, 2.05) is 43.5 Å². The number of hydrogen-bond acceptors (Lipinski definition) is 6. The number of rotatable bonds is 7. The summed E-state index contributed by atoms with van der Waals surface area (Å²) < 4.78 is 0. The number of hydrogen-bond donors (Lipinski definition) is 1. The van der Waals surface area contributed by atoms with Crippen LogP contribution in [-0.2, 0) is 20.9 Å². The van der Waals surface area contributed by atoms with Crippen LogP contribution in [-0.4, -0.2) is 38.6 Å². The highest BCUT2D eigenvalue weighted by molar-refractivity contribution is 7.09. The smallest absolute Gasteiger partial charge is 0.243 e. The Morgan fingerprint density at radius 2 is 1.81 bits per heavy atom. The molecule has 3 heterocycles. The number of carbonyl (C=O) groups excluding carboxylic acids is 3. The van der Waals surface area contributed by atoms with Crippen LogP contribution in [0.25, 0.3) is 11.3 Å². The number of allylic oxidation sites excluding steroid dienone is 2. The summed E-state index contributed by atoms with van der Waals surface area (Å²) in [5.41, 5.74) is 1.79. The fraction of sp³-hybridized carbons (Fsp3) is 0.435. The summed E-state index contributed by atoms with van der Waals surface area (Å²) >= 11 is 1.46. The second-order valence-electron chi connectivity index (χ2n) is 8.43. The van der Waals surface area contributed by atoms with Gasteiger partial charge in [0, 0.05) is 23.3 Å². The van der Waals surface area contributed by atoms with Gasteiger partial charge in [0.1, 0.15) is 11.0 Å². The zero-order chi connectivity index (χ0) is 22.0. The molecule has 1 fully saturated rings. The van der Waals surface area contributed by atoms with Gasteiger partial charge >= 0.3 is 0 Å². The number of nitrogens with zero attached hydrogens (tertiary/aromatic N) is 3. The van der Waals surface area contributed by atoms with Crippen molar-refractivity contribution < 1.29 is 14.4 Å². The Labute approximate surface area is 185 Å². The molecule has 162 valence electrons. The van der Waals surface area contributed by atoms with Crippen LogP contribution < -0.4 is 5.32 Å². The van der Waals surface area contributed by atoms with Gasteiger partial charge in [-0.25, -0.2) is 4.98 Å². The quantitative estimate of drug-likeness (QED) is 0.529. The van der Waals surface area contributed by atoms with Gasteiger partial charge in [-0.3, -0.25) is 24.3 Å². The van der Waals surface area contributed by atoms with Crippen LogP contribution in [0.5, 0.6) is 0 Å². The molecule has 0 saturated carbocycles. The number of aromatic nitrogens is 2. The number of likely N-dealkylation sites (tertiary alicyclic amines) is 1. The normalized spacial score (nSPS) is 21.5. The Kier molecular flexibility index (Phi) is 6.27. The van der Waals surface area contributed by atoms with E-state index in [0.717, 1.165) is 16.3 Å². The van der Waals surface area contributed by atoms with E-state index in [4.69, 9.17) is 0 Å². The van der Waals surface area contributed by atoms with Crippen molar-refractivity contribution in [3.8, 4) is 11.3 Å². The van der Waals surface area contributed by atoms with Gasteiger partial charge < -0.3 is 5.32 Å². The van der Waals surface area contributed by atoms with Crippen molar-refractivity contribution in [1.82, 2.24) is 20.2 Å². The average Bonchev–Trinajstić information content (AvgIpc) is 3.35. The molecule has 2 aromatic rings. The van der Waals surface area contributed by atoms with Crippen LogP contribution in [0.2, 0.25) is 0 Å². The predicted octanol–water partition coefficient (Wildman–Crippen LogP) is 3.19. The Balaban J connectivity index is 1.46. The van der Waals surface area contributed by atoms with Crippen LogP contribution in [0.3, 0.4) is 0 Å². The molecule has 1 aliphatic heterocycles. The van der Waals surface area contributed by atoms with E-state index < -0.39 is 6.04 Å². The first kappa shape index (κ1) is 21.4. The summed E-state index contributed by atoms with van der Waals surface area (Å²) in [5.74, 6) is -1.23. The van der Waals surface area contributed by atoms with Crippen LogP contribution in [0, 0.1) is 17.8 Å². The van der Waals surface area contributed by atoms with E-state index in [1.54, 1.807) is 12.4 Å². The maximum atomic E-state index is 13.1. The number of pyridine rings is 1. The van der Waals surface area contributed by atoms with E-state index in [0.29, 0.717) is 19.3 Å². The third-order valence-electron chi connectivity index (χ3n) is 5.79. The zero-order valence-corrected chi connectivity index (χ0v) is 18.5. The lowest BCUT2D eigenvalue weighted by Gasteiger charge is -2.27. The summed E-state index contributed by atoms with van der Waals surface area (Å²) in [7, 11) is 0. The first-order valence-electron chi connectivity index (χ1n) is 10.6. The molecule has 0 bridgehead atoms. The topological polar surface area (TPSA) is 92.3 Å². The van der Waals surface area contributed by atoms with Crippen molar-refractivity contribution >= 4 is 29.1 Å². The summed E-state index contributed by atoms with van der Waals surface area (Å²) in [6, 6.07) is 2.98. The minimum atomic E-state index is -0.787. The van der Waals surface area contributed by atoms with Crippen molar-refractivity contribution in [3.63, 3.8) is 0 Å². The van der Waals surface area contributed by atoms with Crippen LogP contribution in [0.4, 0.5) is 0 Å². The molecule has 7 nitrogen and oxygen atoms in total. The molecule has 3 atom stereocenters. The molecule has 8 heteroatoms. The van der Waals surface area contributed by atoms with Crippen molar-refractivity contribution in [3.05, 3.63) is 47.1 Å². The molecule has 0 spiro atoms. The van der Waals surface area contributed by atoms with Crippen molar-refractivity contribution in [2.45, 2.75) is 45.7 Å². The molecule has 2 aliphatic rings. The van der Waals surface area contributed by atoms with Gasteiger partial charge in [-0.2, -0.15) is 0 Å². The van der Waals surface area contributed by atoms with Gasteiger partial charge in [0.25, 0.3) is 0 Å². The monoisotopic (exact) mass is 438 g/mol. The number of nitrogens with one attached hydrogen (secondary N) is 1. The molecule has 3 amide bonds. The highest BCUT2D eigenvalue weighted by Gasteiger charge is 2.51. The lowest BCUT2D eigenvalue weighted by Crippen LogP contribution is -2.50. The Hall–Kier alpha value is -2.87. The molecule has 3 unspecified atom stereocenters. The summed E-state index contributed by atoms with van der Waals surface area (Å²) in [4.78, 5) is 48.9. The fourth-order valence-corrected chi connectivity index (χ4v) is 4.98. The number of fused-ring (bicyclic) bond motifs is 1. The Morgan fingerprint density at radius 3 is 2.42 bits per heavy atom. The largest absolute Gasteiger partial charge is 0.348 e. The van der Waals surface area contributed by atoms with E-state index in [9.17, 15) is 14.4 Å². The molecule has 0 radical (unpaired) electrons. The molecule has 1 N–H and O–H groups in total. The number of amides is 3. The summed E-state index contributed by atoms with van der Waals surface area (Å²) in [5, 5.41) is 5.61. The molecule has 31 heavy (non-hydrogen) atoms. The fourth-order valence-electron chi connectivity index (χ4n) is 4.24. The third-order valence-corrected chi connectivity index (χ3v) is 6.64. The minimum absolute atomic E-state index is 0.162. The van der Waals surface area contributed by atoms with Gasteiger partial charge in [0.05, 0.1) is 24.1 Å². The molecule has 0 aromatic carbocycles. The van der Waals surface area contributed by atoms with Crippen LogP contribution in [0.15, 0.2) is 42.1 Å². The number of carbonyl (C=O) groups is 3. The Morgan fingerprint density at radius 1 is 1.16 bits per heavy atom. The first-order chi connectivity index (χ1) is 15.0. The van der Waals surface area contributed by atoms with Gasteiger partial charge in [0.2, 0.25) is 17.7 Å². The maximum absolute atomic E-state index is 13.1. The van der Waals surface area contributed by atoms with E-state index in [1.165, 1.54) is 16.2 Å². The minimum Gasteiger partial charge on any atom is -0.348 e. The van der Waals surface area contributed by atoms with Gasteiger partial charge in [-0.1, -0.05) is 26.0 Å².